The van der Waals surface area contributed by atoms with Crippen LogP contribution in [0.3, 0.4) is 0 Å². The molecule has 1 saturated heterocycles. The highest BCUT2D eigenvalue weighted by molar-refractivity contribution is 5.82. The Morgan fingerprint density at radius 2 is 2.05 bits per heavy atom. The van der Waals surface area contributed by atoms with E-state index < -0.39 is 18.1 Å². The summed E-state index contributed by atoms with van der Waals surface area (Å²) < 4.78 is 10.0. The molecule has 6 heteroatoms. The molecule has 1 aromatic rings. The molecule has 0 saturated carbocycles. The van der Waals surface area contributed by atoms with E-state index in [2.05, 4.69) is 0 Å². The fourth-order valence-electron chi connectivity index (χ4n) is 2.68. The van der Waals surface area contributed by atoms with Crippen LogP contribution in [0.1, 0.15) is 18.4 Å². The molecule has 1 N–H and O–H groups in total. The molecule has 1 fully saturated rings. The molecule has 0 aliphatic carbocycles. The zero-order valence-corrected chi connectivity index (χ0v) is 12.6. The normalized spacial score (nSPS) is 20.7. The second-order valence-corrected chi connectivity index (χ2v) is 5.35. The molecule has 1 heterocycles. The van der Waals surface area contributed by atoms with Crippen molar-refractivity contribution >= 4 is 12.1 Å². The Balaban J connectivity index is 1.97. The van der Waals surface area contributed by atoms with Crippen molar-refractivity contribution in [2.75, 3.05) is 20.3 Å². The first-order valence-corrected chi connectivity index (χ1v) is 7.31. The lowest BCUT2D eigenvalue weighted by Crippen LogP contribution is -2.41. The number of nitrogens with zero attached hydrogens (tertiary/aromatic N) is 1. The molecular weight excluding hydrogens is 286 g/mol. The first-order valence-electron chi connectivity index (χ1n) is 7.31. The van der Waals surface area contributed by atoms with Gasteiger partial charge in [0.1, 0.15) is 12.6 Å². The minimum Gasteiger partial charge on any atom is -0.467 e. The highest BCUT2D eigenvalue weighted by Gasteiger charge is 2.40. The Morgan fingerprint density at radius 3 is 2.68 bits per heavy atom. The third-order valence-corrected chi connectivity index (χ3v) is 3.84. The van der Waals surface area contributed by atoms with Crippen molar-refractivity contribution < 1.29 is 24.2 Å². The largest absolute Gasteiger partial charge is 0.467 e. The van der Waals surface area contributed by atoms with Crippen molar-refractivity contribution in [3.63, 3.8) is 0 Å². The number of methoxy groups -OCH3 is 1. The number of aliphatic hydroxyl groups excluding tert-OH is 1. The van der Waals surface area contributed by atoms with Crippen LogP contribution in [0.2, 0.25) is 0 Å². The molecule has 22 heavy (non-hydrogen) atoms. The molecule has 6 nitrogen and oxygen atoms in total. The lowest BCUT2D eigenvalue weighted by Gasteiger charge is -2.22. The summed E-state index contributed by atoms with van der Waals surface area (Å²) in [6.45, 7) is 0.591. The fourth-order valence-corrected chi connectivity index (χ4v) is 2.68. The number of hydrogen-bond acceptors (Lipinski definition) is 5. The summed E-state index contributed by atoms with van der Waals surface area (Å²) >= 11 is 0. The molecule has 0 radical (unpaired) electrons. The number of carbonyl (C=O) groups is 2. The van der Waals surface area contributed by atoms with Gasteiger partial charge in [-0.15, -0.1) is 0 Å². The van der Waals surface area contributed by atoms with E-state index in [1.165, 1.54) is 12.0 Å². The Labute approximate surface area is 129 Å². The second kappa shape index (κ2) is 7.79. The minimum atomic E-state index is -0.634. The van der Waals surface area contributed by atoms with Gasteiger partial charge in [-0.3, -0.25) is 4.90 Å². The van der Waals surface area contributed by atoms with E-state index in [1.807, 2.05) is 30.3 Å². The van der Waals surface area contributed by atoms with E-state index in [1.54, 1.807) is 0 Å². The number of hydrogen-bond donors (Lipinski definition) is 1. The standard InChI is InChI=1S/C16H21NO5/c1-21-15(19)14-9-13(7-8-18)10-17(14)16(20)22-11-12-5-3-2-4-6-12/h2-6,13-14,18H,7-11H2,1H3/t13-,14-/m0/s1. The van der Waals surface area contributed by atoms with Crippen molar-refractivity contribution in [3.8, 4) is 0 Å². The third-order valence-electron chi connectivity index (χ3n) is 3.84. The number of carbonyl (C=O) groups excluding carboxylic acids is 2. The van der Waals surface area contributed by atoms with Crippen LogP contribution >= 0.6 is 0 Å². The quantitative estimate of drug-likeness (QED) is 0.836. The number of benzene rings is 1. The van der Waals surface area contributed by atoms with Crippen molar-refractivity contribution in [1.29, 1.82) is 0 Å². The summed E-state index contributed by atoms with van der Waals surface area (Å²) in [6, 6.07) is 8.72. The predicted molar refractivity (Wildman–Crippen MR) is 78.9 cm³/mol. The van der Waals surface area contributed by atoms with Crippen LogP contribution in [0, 0.1) is 5.92 Å². The molecule has 1 aliphatic heterocycles. The topological polar surface area (TPSA) is 76.1 Å². The molecule has 1 amide bonds. The van der Waals surface area contributed by atoms with Crippen LogP contribution in [-0.2, 0) is 20.9 Å². The first-order chi connectivity index (χ1) is 10.7. The van der Waals surface area contributed by atoms with Crippen molar-refractivity contribution in [2.24, 2.45) is 5.92 Å². The van der Waals surface area contributed by atoms with Gasteiger partial charge in [0, 0.05) is 13.2 Å². The highest BCUT2D eigenvalue weighted by Crippen LogP contribution is 2.27. The number of rotatable bonds is 5. The molecular formula is C16H21NO5. The van der Waals surface area contributed by atoms with Crippen molar-refractivity contribution in [2.45, 2.75) is 25.5 Å². The van der Waals surface area contributed by atoms with Gasteiger partial charge in [0.15, 0.2) is 0 Å². The maximum atomic E-state index is 12.2. The molecule has 2 rings (SSSR count). The van der Waals surface area contributed by atoms with E-state index in [0.29, 0.717) is 19.4 Å². The Morgan fingerprint density at radius 1 is 1.32 bits per heavy atom. The first kappa shape index (κ1) is 16.3. The van der Waals surface area contributed by atoms with E-state index in [4.69, 9.17) is 14.6 Å². The van der Waals surface area contributed by atoms with Crippen molar-refractivity contribution in [3.05, 3.63) is 35.9 Å². The van der Waals surface area contributed by atoms with Gasteiger partial charge in [0.25, 0.3) is 0 Å². The van der Waals surface area contributed by atoms with Crippen LogP contribution < -0.4 is 0 Å². The number of amides is 1. The smallest absolute Gasteiger partial charge is 0.410 e. The number of aliphatic hydroxyl groups is 1. The number of likely N-dealkylation sites (tertiary alicyclic amines) is 1. The lowest BCUT2D eigenvalue weighted by molar-refractivity contribution is -0.145. The van der Waals surface area contributed by atoms with E-state index in [-0.39, 0.29) is 19.1 Å². The molecule has 120 valence electrons. The lowest BCUT2D eigenvalue weighted by atomic mass is 10.0. The molecule has 0 bridgehead atoms. The monoisotopic (exact) mass is 307 g/mol. The number of ether oxygens (including phenoxy) is 2. The maximum absolute atomic E-state index is 12.2. The molecule has 1 aromatic carbocycles. The number of esters is 1. The minimum absolute atomic E-state index is 0.0332. The van der Waals surface area contributed by atoms with Crippen LogP contribution in [0.5, 0.6) is 0 Å². The van der Waals surface area contributed by atoms with Gasteiger partial charge in [-0.1, -0.05) is 30.3 Å². The highest BCUT2D eigenvalue weighted by atomic mass is 16.6. The summed E-state index contributed by atoms with van der Waals surface area (Å²) in [7, 11) is 1.30. The second-order valence-electron chi connectivity index (χ2n) is 5.35. The summed E-state index contributed by atoms with van der Waals surface area (Å²) in [5.74, 6) is -0.365. The average molecular weight is 307 g/mol. The van der Waals surface area contributed by atoms with Crippen LogP contribution in [0.4, 0.5) is 4.79 Å². The van der Waals surface area contributed by atoms with E-state index in [9.17, 15) is 9.59 Å². The van der Waals surface area contributed by atoms with Gasteiger partial charge >= 0.3 is 12.1 Å². The summed E-state index contributed by atoms with van der Waals surface area (Å²) in [6.07, 6.45) is 0.517. The van der Waals surface area contributed by atoms with Crippen molar-refractivity contribution in [1.82, 2.24) is 4.90 Å². The SMILES string of the molecule is COC(=O)[C@@H]1C[C@H](CCO)CN1C(=O)OCc1ccccc1. The van der Waals surface area contributed by atoms with E-state index >= 15 is 0 Å². The van der Waals surface area contributed by atoms with Crippen LogP contribution in [-0.4, -0.2) is 48.4 Å². The Kier molecular flexibility index (Phi) is 5.77. The molecule has 0 unspecified atom stereocenters. The zero-order valence-electron chi connectivity index (χ0n) is 12.6. The average Bonchev–Trinajstić information content (AvgIpc) is 2.97. The Hall–Kier alpha value is -2.08. The van der Waals surface area contributed by atoms with Crippen LogP contribution in [0.15, 0.2) is 30.3 Å². The summed E-state index contributed by atoms with van der Waals surface area (Å²) in [4.78, 5) is 25.4. The summed E-state index contributed by atoms with van der Waals surface area (Å²) in [5, 5.41) is 9.03. The predicted octanol–water partition coefficient (Wildman–Crippen LogP) is 1.57. The van der Waals surface area contributed by atoms with Gasteiger partial charge in [-0.2, -0.15) is 0 Å². The zero-order chi connectivity index (χ0) is 15.9. The van der Waals surface area contributed by atoms with Gasteiger partial charge in [-0.05, 0) is 24.3 Å². The van der Waals surface area contributed by atoms with Gasteiger partial charge in [0.05, 0.1) is 7.11 Å². The Bertz CT molecular complexity index is 505. The van der Waals surface area contributed by atoms with Gasteiger partial charge in [0.2, 0.25) is 0 Å². The van der Waals surface area contributed by atoms with E-state index in [0.717, 1.165) is 5.56 Å². The summed E-state index contributed by atoms with van der Waals surface area (Å²) in [5.41, 5.74) is 0.886. The van der Waals surface area contributed by atoms with Gasteiger partial charge in [-0.25, -0.2) is 9.59 Å². The molecule has 2 atom stereocenters. The maximum Gasteiger partial charge on any atom is 0.410 e. The van der Waals surface area contributed by atoms with Crippen LogP contribution in [0.25, 0.3) is 0 Å². The fraction of sp³-hybridized carbons (Fsp3) is 0.500. The molecule has 0 aromatic heterocycles. The van der Waals surface area contributed by atoms with Gasteiger partial charge < -0.3 is 14.6 Å². The molecule has 1 aliphatic rings. The third kappa shape index (κ3) is 3.98. The molecule has 0 spiro atoms.